The fraction of sp³-hybridized carbons (Fsp3) is 0.438. The SMILES string of the molecule is Cc1ncsc1CCOc1ccc2c(c1)C(N)CCC2. The van der Waals surface area contributed by atoms with Crippen LogP contribution in [-0.4, -0.2) is 11.6 Å². The van der Waals surface area contributed by atoms with Gasteiger partial charge in [0.1, 0.15) is 5.75 Å². The largest absolute Gasteiger partial charge is 0.493 e. The van der Waals surface area contributed by atoms with Crippen molar-refractivity contribution in [3.8, 4) is 5.75 Å². The summed E-state index contributed by atoms with van der Waals surface area (Å²) in [5, 5.41) is 0. The van der Waals surface area contributed by atoms with E-state index < -0.39 is 0 Å². The molecule has 1 unspecified atom stereocenters. The molecule has 20 heavy (non-hydrogen) atoms. The number of aromatic nitrogens is 1. The van der Waals surface area contributed by atoms with Gasteiger partial charge in [0.2, 0.25) is 0 Å². The van der Waals surface area contributed by atoms with Crippen LogP contribution in [0.25, 0.3) is 0 Å². The van der Waals surface area contributed by atoms with Crippen molar-refractivity contribution >= 4 is 11.3 Å². The highest BCUT2D eigenvalue weighted by Gasteiger charge is 2.17. The van der Waals surface area contributed by atoms with Crippen LogP contribution in [0.5, 0.6) is 5.75 Å². The highest BCUT2D eigenvalue weighted by Crippen LogP contribution is 2.30. The quantitative estimate of drug-likeness (QED) is 0.938. The van der Waals surface area contributed by atoms with Gasteiger partial charge in [-0.05, 0) is 49.4 Å². The molecule has 0 radical (unpaired) electrons. The van der Waals surface area contributed by atoms with Crippen LogP contribution in [0.15, 0.2) is 23.7 Å². The molecule has 0 fully saturated rings. The summed E-state index contributed by atoms with van der Waals surface area (Å²) in [7, 11) is 0. The van der Waals surface area contributed by atoms with E-state index in [-0.39, 0.29) is 6.04 Å². The zero-order valence-corrected chi connectivity index (χ0v) is 12.6. The second-order valence-electron chi connectivity index (χ2n) is 5.32. The predicted molar refractivity (Wildman–Crippen MR) is 82.4 cm³/mol. The maximum Gasteiger partial charge on any atom is 0.119 e. The summed E-state index contributed by atoms with van der Waals surface area (Å²) >= 11 is 1.70. The number of hydrogen-bond donors (Lipinski definition) is 1. The third-order valence-corrected chi connectivity index (χ3v) is 4.92. The number of benzene rings is 1. The Morgan fingerprint density at radius 1 is 1.45 bits per heavy atom. The molecule has 1 aliphatic carbocycles. The van der Waals surface area contributed by atoms with Gasteiger partial charge in [-0.15, -0.1) is 11.3 Å². The van der Waals surface area contributed by atoms with Gasteiger partial charge < -0.3 is 10.5 Å². The van der Waals surface area contributed by atoms with Crippen molar-refractivity contribution in [2.45, 2.75) is 38.6 Å². The van der Waals surface area contributed by atoms with Crippen LogP contribution in [0.2, 0.25) is 0 Å². The normalized spacial score (nSPS) is 17.8. The molecule has 0 bridgehead atoms. The number of fused-ring (bicyclic) bond motifs is 1. The molecule has 4 heteroatoms. The van der Waals surface area contributed by atoms with Crippen LogP contribution < -0.4 is 10.5 Å². The molecule has 0 amide bonds. The maximum atomic E-state index is 6.18. The third kappa shape index (κ3) is 2.86. The first-order valence-corrected chi connectivity index (χ1v) is 8.02. The van der Waals surface area contributed by atoms with Gasteiger partial charge in [-0.2, -0.15) is 0 Å². The molecule has 2 aromatic rings. The zero-order chi connectivity index (χ0) is 13.9. The molecular formula is C16H20N2OS. The van der Waals surface area contributed by atoms with Gasteiger partial charge in [-0.3, -0.25) is 0 Å². The lowest BCUT2D eigenvalue weighted by atomic mass is 9.88. The minimum atomic E-state index is 0.172. The monoisotopic (exact) mass is 288 g/mol. The number of thiazole rings is 1. The van der Waals surface area contributed by atoms with Crippen LogP contribution in [0.1, 0.15) is 40.6 Å². The highest BCUT2D eigenvalue weighted by atomic mass is 32.1. The van der Waals surface area contributed by atoms with Gasteiger partial charge in [0, 0.05) is 17.3 Å². The highest BCUT2D eigenvalue weighted by molar-refractivity contribution is 7.09. The Kier molecular flexibility index (Phi) is 4.03. The van der Waals surface area contributed by atoms with E-state index in [1.54, 1.807) is 11.3 Å². The van der Waals surface area contributed by atoms with Gasteiger partial charge in [0.25, 0.3) is 0 Å². The Bertz CT molecular complexity index is 594. The van der Waals surface area contributed by atoms with Crippen LogP contribution in [0.4, 0.5) is 0 Å². The lowest BCUT2D eigenvalue weighted by Crippen LogP contribution is -2.17. The number of aryl methyl sites for hydroxylation is 2. The fourth-order valence-corrected chi connectivity index (χ4v) is 3.49. The van der Waals surface area contributed by atoms with Crippen molar-refractivity contribution in [3.05, 3.63) is 45.4 Å². The van der Waals surface area contributed by atoms with E-state index in [4.69, 9.17) is 10.5 Å². The Morgan fingerprint density at radius 3 is 3.15 bits per heavy atom. The van der Waals surface area contributed by atoms with Crippen LogP contribution in [-0.2, 0) is 12.8 Å². The Labute approximate surface area is 123 Å². The van der Waals surface area contributed by atoms with E-state index in [0.29, 0.717) is 6.61 Å². The van der Waals surface area contributed by atoms with Gasteiger partial charge in [-0.25, -0.2) is 4.98 Å². The Hall–Kier alpha value is -1.39. The Morgan fingerprint density at radius 2 is 2.35 bits per heavy atom. The molecule has 1 aliphatic rings. The summed E-state index contributed by atoms with van der Waals surface area (Å²) in [6.45, 7) is 2.74. The van der Waals surface area contributed by atoms with Crippen molar-refractivity contribution in [1.29, 1.82) is 0 Å². The summed E-state index contributed by atoms with van der Waals surface area (Å²) in [4.78, 5) is 5.56. The van der Waals surface area contributed by atoms with Crippen LogP contribution in [0.3, 0.4) is 0 Å². The van der Waals surface area contributed by atoms with Gasteiger partial charge >= 0.3 is 0 Å². The maximum absolute atomic E-state index is 6.18. The van der Waals surface area contributed by atoms with Gasteiger partial charge in [-0.1, -0.05) is 6.07 Å². The van der Waals surface area contributed by atoms with Crippen molar-refractivity contribution in [2.24, 2.45) is 5.73 Å². The summed E-state index contributed by atoms with van der Waals surface area (Å²) in [5.74, 6) is 0.934. The third-order valence-electron chi connectivity index (χ3n) is 3.92. The standard InChI is InChI=1S/C16H20N2OS/c1-11-16(20-10-18-11)7-8-19-13-6-5-12-3-2-4-15(17)14(12)9-13/h5-6,9-10,15H,2-4,7-8,17H2,1H3. The lowest BCUT2D eigenvalue weighted by Gasteiger charge is -2.22. The second-order valence-corrected chi connectivity index (χ2v) is 6.26. The summed E-state index contributed by atoms with van der Waals surface area (Å²) in [5.41, 5.74) is 11.8. The zero-order valence-electron chi connectivity index (χ0n) is 11.8. The topological polar surface area (TPSA) is 48.1 Å². The average Bonchev–Trinajstić information content (AvgIpc) is 2.85. The predicted octanol–water partition coefficient (Wildman–Crippen LogP) is 3.41. The second kappa shape index (κ2) is 5.94. The van der Waals surface area contributed by atoms with E-state index in [1.165, 1.54) is 22.4 Å². The molecule has 0 spiro atoms. The van der Waals surface area contributed by atoms with Crippen LogP contribution >= 0.6 is 11.3 Å². The molecular weight excluding hydrogens is 268 g/mol. The smallest absolute Gasteiger partial charge is 0.119 e. The van der Waals surface area contributed by atoms with Crippen molar-refractivity contribution in [1.82, 2.24) is 4.98 Å². The molecule has 0 saturated heterocycles. The molecule has 1 heterocycles. The molecule has 3 nitrogen and oxygen atoms in total. The van der Waals surface area contributed by atoms with E-state index in [2.05, 4.69) is 23.2 Å². The molecule has 106 valence electrons. The average molecular weight is 288 g/mol. The number of nitrogens with zero attached hydrogens (tertiary/aromatic N) is 1. The number of hydrogen-bond acceptors (Lipinski definition) is 4. The first-order valence-electron chi connectivity index (χ1n) is 7.14. The van der Waals surface area contributed by atoms with E-state index in [9.17, 15) is 0 Å². The minimum absolute atomic E-state index is 0.172. The van der Waals surface area contributed by atoms with Crippen molar-refractivity contribution in [2.75, 3.05) is 6.61 Å². The van der Waals surface area contributed by atoms with Crippen LogP contribution in [0, 0.1) is 6.92 Å². The number of rotatable bonds is 4. The molecule has 0 saturated carbocycles. The first-order chi connectivity index (χ1) is 9.74. The van der Waals surface area contributed by atoms with E-state index in [1.807, 2.05) is 12.4 Å². The molecule has 2 N–H and O–H groups in total. The molecule has 1 aromatic carbocycles. The van der Waals surface area contributed by atoms with E-state index in [0.717, 1.165) is 30.7 Å². The minimum Gasteiger partial charge on any atom is -0.493 e. The summed E-state index contributed by atoms with van der Waals surface area (Å²) < 4.78 is 5.87. The van der Waals surface area contributed by atoms with Crippen molar-refractivity contribution < 1.29 is 4.74 Å². The summed E-state index contributed by atoms with van der Waals surface area (Å²) in [6.07, 6.45) is 4.33. The number of ether oxygens (including phenoxy) is 1. The molecule has 3 rings (SSSR count). The van der Waals surface area contributed by atoms with Gasteiger partial charge in [0.05, 0.1) is 17.8 Å². The number of nitrogens with two attached hydrogens (primary N) is 1. The Balaban J connectivity index is 1.63. The molecule has 1 aromatic heterocycles. The van der Waals surface area contributed by atoms with E-state index >= 15 is 0 Å². The fourth-order valence-electron chi connectivity index (χ4n) is 2.73. The molecule has 0 aliphatic heterocycles. The van der Waals surface area contributed by atoms with Crippen molar-refractivity contribution in [3.63, 3.8) is 0 Å². The lowest BCUT2D eigenvalue weighted by molar-refractivity contribution is 0.321. The molecule has 1 atom stereocenters. The first kappa shape index (κ1) is 13.6. The summed E-state index contributed by atoms with van der Waals surface area (Å²) in [6, 6.07) is 6.53. The van der Waals surface area contributed by atoms with Gasteiger partial charge in [0.15, 0.2) is 0 Å².